The average molecular weight is 296 g/mol. The molecule has 0 amide bonds. The molecule has 0 fully saturated rings. The van der Waals surface area contributed by atoms with Crippen LogP contribution >= 0.6 is 11.6 Å². The molecule has 0 aromatic heterocycles. The summed E-state index contributed by atoms with van der Waals surface area (Å²) in [5.74, 6) is 0.155. The quantitative estimate of drug-likeness (QED) is 0.471. The Kier molecular flexibility index (Phi) is 4.20. The van der Waals surface area contributed by atoms with Crippen molar-refractivity contribution in [3.05, 3.63) is 63.5 Å². The van der Waals surface area contributed by atoms with Gasteiger partial charge in [-0.25, -0.2) is 4.39 Å². The van der Waals surface area contributed by atoms with Gasteiger partial charge in [-0.1, -0.05) is 12.1 Å². The molecule has 0 N–H and O–H groups in total. The van der Waals surface area contributed by atoms with Gasteiger partial charge >= 0.3 is 5.69 Å². The van der Waals surface area contributed by atoms with Crippen LogP contribution in [0.15, 0.2) is 36.4 Å². The van der Waals surface area contributed by atoms with Gasteiger partial charge in [0.25, 0.3) is 0 Å². The minimum absolute atomic E-state index is 0.00174. The molecule has 2 aromatic rings. The first kappa shape index (κ1) is 14.3. The number of rotatable bonds is 4. The Bertz CT molecular complexity index is 661. The summed E-state index contributed by atoms with van der Waals surface area (Å²) < 4.78 is 18.6. The Morgan fingerprint density at radius 1 is 1.25 bits per heavy atom. The van der Waals surface area contributed by atoms with Crippen LogP contribution in [0, 0.1) is 22.9 Å². The van der Waals surface area contributed by atoms with Crippen molar-refractivity contribution in [2.24, 2.45) is 0 Å². The minimum atomic E-state index is -0.682. The van der Waals surface area contributed by atoms with E-state index >= 15 is 0 Å². The lowest BCUT2D eigenvalue weighted by Gasteiger charge is -2.10. The lowest BCUT2D eigenvalue weighted by molar-refractivity contribution is -0.385. The van der Waals surface area contributed by atoms with E-state index < -0.39 is 16.4 Å². The van der Waals surface area contributed by atoms with E-state index in [4.69, 9.17) is 16.3 Å². The molecule has 0 atom stereocenters. The molecule has 0 aliphatic carbocycles. The van der Waals surface area contributed by atoms with Gasteiger partial charge in [-0.05, 0) is 36.2 Å². The van der Waals surface area contributed by atoms with E-state index in [0.29, 0.717) is 11.6 Å². The number of alkyl halides is 1. The van der Waals surface area contributed by atoms with Crippen molar-refractivity contribution in [2.45, 2.75) is 12.8 Å². The van der Waals surface area contributed by atoms with Crippen molar-refractivity contribution in [2.75, 3.05) is 0 Å². The number of nitro groups is 1. The number of nitrogens with zero attached hydrogens (tertiary/aromatic N) is 1. The van der Waals surface area contributed by atoms with Crippen LogP contribution in [0.5, 0.6) is 11.5 Å². The van der Waals surface area contributed by atoms with Gasteiger partial charge in [0.05, 0.1) is 11.0 Å². The van der Waals surface area contributed by atoms with E-state index in [1.807, 2.05) is 6.07 Å². The third kappa shape index (κ3) is 3.05. The standard InChI is InChI=1S/C14H11ClFNO3/c1-9-6-10(8-15)2-4-13(9)20-14-5-3-11(16)7-12(14)17(18)19/h2-7H,8H2,1H3. The fourth-order valence-electron chi connectivity index (χ4n) is 1.75. The second-order valence-corrected chi connectivity index (χ2v) is 4.47. The van der Waals surface area contributed by atoms with Gasteiger partial charge < -0.3 is 4.74 Å². The van der Waals surface area contributed by atoms with Gasteiger partial charge in [-0.15, -0.1) is 11.6 Å². The summed E-state index contributed by atoms with van der Waals surface area (Å²) in [4.78, 5) is 10.2. The fraction of sp³-hybridized carbons (Fsp3) is 0.143. The minimum Gasteiger partial charge on any atom is -0.450 e. The third-order valence-electron chi connectivity index (χ3n) is 2.73. The van der Waals surface area contributed by atoms with E-state index in [-0.39, 0.29) is 5.75 Å². The van der Waals surface area contributed by atoms with E-state index in [2.05, 4.69) is 0 Å². The van der Waals surface area contributed by atoms with Crippen molar-refractivity contribution in [1.82, 2.24) is 0 Å². The number of nitro benzene ring substituents is 1. The Morgan fingerprint density at radius 3 is 2.55 bits per heavy atom. The summed E-state index contributed by atoms with van der Waals surface area (Å²) in [6.45, 7) is 1.81. The lowest BCUT2D eigenvalue weighted by Crippen LogP contribution is -1.95. The Balaban J connectivity index is 2.37. The summed E-state index contributed by atoms with van der Waals surface area (Å²) >= 11 is 5.72. The summed E-state index contributed by atoms with van der Waals surface area (Å²) in [5.41, 5.74) is 1.30. The van der Waals surface area contributed by atoms with E-state index in [0.717, 1.165) is 23.3 Å². The Morgan fingerprint density at radius 2 is 1.95 bits per heavy atom. The molecule has 0 heterocycles. The number of hydrogen-bond acceptors (Lipinski definition) is 3. The molecule has 0 saturated carbocycles. The van der Waals surface area contributed by atoms with Gasteiger partial charge in [0.1, 0.15) is 11.6 Å². The number of halogens is 2. The second-order valence-electron chi connectivity index (χ2n) is 4.20. The molecule has 0 aliphatic heterocycles. The molecule has 4 nitrogen and oxygen atoms in total. The predicted octanol–water partition coefficient (Wildman–Crippen LogP) is 4.57. The molecule has 2 aromatic carbocycles. The van der Waals surface area contributed by atoms with Crippen LogP contribution in [0.1, 0.15) is 11.1 Å². The molecular formula is C14H11ClFNO3. The van der Waals surface area contributed by atoms with Gasteiger partial charge in [-0.2, -0.15) is 0 Å². The first-order valence-corrected chi connectivity index (χ1v) is 6.32. The maximum Gasteiger partial charge on any atom is 0.314 e. The summed E-state index contributed by atoms with van der Waals surface area (Å²) in [7, 11) is 0. The first-order valence-electron chi connectivity index (χ1n) is 5.78. The van der Waals surface area contributed by atoms with Gasteiger partial charge in [0.2, 0.25) is 5.75 Å². The molecule has 2 rings (SSSR count). The molecule has 0 bridgehead atoms. The van der Waals surface area contributed by atoms with Crippen LogP contribution in [0.25, 0.3) is 0 Å². The topological polar surface area (TPSA) is 52.4 Å². The van der Waals surface area contributed by atoms with Crippen LogP contribution in [-0.2, 0) is 5.88 Å². The van der Waals surface area contributed by atoms with Crippen molar-refractivity contribution < 1.29 is 14.1 Å². The highest BCUT2D eigenvalue weighted by Gasteiger charge is 2.17. The van der Waals surface area contributed by atoms with Crippen LogP contribution in [-0.4, -0.2) is 4.92 Å². The molecule has 0 unspecified atom stereocenters. The normalized spacial score (nSPS) is 10.3. The smallest absolute Gasteiger partial charge is 0.314 e. The van der Waals surface area contributed by atoms with Crippen LogP contribution in [0.2, 0.25) is 0 Å². The van der Waals surface area contributed by atoms with E-state index in [1.54, 1.807) is 19.1 Å². The summed E-state index contributed by atoms with van der Waals surface area (Å²) in [6, 6.07) is 8.47. The van der Waals surface area contributed by atoms with Crippen molar-refractivity contribution in [3.63, 3.8) is 0 Å². The highest BCUT2D eigenvalue weighted by atomic mass is 35.5. The monoisotopic (exact) mass is 295 g/mol. The van der Waals surface area contributed by atoms with Gasteiger partial charge in [0, 0.05) is 5.88 Å². The second kappa shape index (κ2) is 5.88. The fourth-order valence-corrected chi connectivity index (χ4v) is 1.91. The molecule has 0 spiro atoms. The maximum absolute atomic E-state index is 13.0. The largest absolute Gasteiger partial charge is 0.450 e. The Labute approximate surface area is 119 Å². The molecular weight excluding hydrogens is 285 g/mol. The predicted molar refractivity (Wildman–Crippen MR) is 73.9 cm³/mol. The van der Waals surface area contributed by atoms with Crippen molar-refractivity contribution in [1.29, 1.82) is 0 Å². The summed E-state index contributed by atoms with van der Waals surface area (Å²) in [6.07, 6.45) is 0. The zero-order chi connectivity index (χ0) is 14.7. The third-order valence-corrected chi connectivity index (χ3v) is 3.04. The van der Waals surface area contributed by atoms with Gasteiger partial charge in [0.15, 0.2) is 0 Å². The maximum atomic E-state index is 13.0. The molecule has 0 saturated heterocycles. The highest BCUT2D eigenvalue weighted by Crippen LogP contribution is 2.33. The van der Waals surface area contributed by atoms with Crippen molar-refractivity contribution in [3.8, 4) is 11.5 Å². The highest BCUT2D eigenvalue weighted by molar-refractivity contribution is 6.17. The summed E-state index contributed by atoms with van der Waals surface area (Å²) in [5, 5.41) is 10.9. The van der Waals surface area contributed by atoms with E-state index in [1.165, 1.54) is 6.07 Å². The Hall–Kier alpha value is -2.14. The van der Waals surface area contributed by atoms with Gasteiger partial charge in [-0.3, -0.25) is 10.1 Å². The molecule has 6 heteroatoms. The average Bonchev–Trinajstić information content (AvgIpc) is 2.42. The van der Waals surface area contributed by atoms with E-state index in [9.17, 15) is 14.5 Å². The van der Waals surface area contributed by atoms with Crippen molar-refractivity contribution >= 4 is 17.3 Å². The zero-order valence-electron chi connectivity index (χ0n) is 10.6. The first-order chi connectivity index (χ1) is 9.51. The SMILES string of the molecule is Cc1cc(CCl)ccc1Oc1ccc(F)cc1[N+](=O)[O-]. The number of aryl methyl sites for hydroxylation is 1. The van der Waals surface area contributed by atoms with Crippen LogP contribution < -0.4 is 4.74 Å². The number of hydrogen-bond donors (Lipinski definition) is 0. The number of benzene rings is 2. The molecule has 0 aliphatic rings. The van der Waals surface area contributed by atoms with Crippen LogP contribution in [0.3, 0.4) is 0 Å². The number of ether oxygens (including phenoxy) is 1. The molecule has 0 radical (unpaired) electrons. The molecule has 104 valence electrons. The molecule has 20 heavy (non-hydrogen) atoms. The zero-order valence-corrected chi connectivity index (χ0v) is 11.4. The lowest BCUT2D eigenvalue weighted by atomic mass is 10.1. The van der Waals surface area contributed by atoms with Crippen LogP contribution in [0.4, 0.5) is 10.1 Å².